The third-order valence-corrected chi connectivity index (χ3v) is 5.20. The maximum absolute atomic E-state index is 12.5. The molecule has 0 spiro atoms. The molecule has 1 heterocycles. The summed E-state index contributed by atoms with van der Waals surface area (Å²) in [5.74, 6) is 0.183. The second kappa shape index (κ2) is 7.61. The van der Waals surface area contributed by atoms with E-state index in [1.807, 2.05) is 30.3 Å². The van der Waals surface area contributed by atoms with E-state index < -0.39 is 0 Å². The molecule has 0 saturated carbocycles. The Hall–Kier alpha value is -2.47. The summed E-state index contributed by atoms with van der Waals surface area (Å²) in [6.07, 6.45) is 0. The average molecular weight is 355 g/mol. The van der Waals surface area contributed by atoms with E-state index in [-0.39, 0.29) is 11.8 Å². The molecule has 2 N–H and O–H groups in total. The van der Waals surface area contributed by atoms with Crippen molar-refractivity contribution in [3.05, 3.63) is 48.0 Å². The van der Waals surface area contributed by atoms with Crippen molar-refractivity contribution in [1.29, 1.82) is 0 Å². The van der Waals surface area contributed by atoms with Crippen LogP contribution in [0.1, 0.15) is 24.2 Å². The first-order chi connectivity index (χ1) is 12.1. The van der Waals surface area contributed by atoms with E-state index in [1.165, 1.54) is 11.8 Å². The number of hydrogen-bond acceptors (Lipinski definition) is 4. The number of nitrogens with zero attached hydrogens (tertiary/aromatic N) is 1. The van der Waals surface area contributed by atoms with E-state index in [1.54, 1.807) is 12.1 Å². The van der Waals surface area contributed by atoms with Crippen LogP contribution in [0, 0.1) is 0 Å². The summed E-state index contributed by atoms with van der Waals surface area (Å²) in [4.78, 5) is 27.2. The Balaban J connectivity index is 1.72. The molecule has 0 aromatic heterocycles. The van der Waals surface area contributed by atoms with Crippen LogP contribution in [0.15, 0.2) is 47.4 Å². The summed E-state index contributed by atoms with van der Waals surface area (Å²) < 4.78 is 0. The highest BCUT2D eigenvalue weighted by Gasteiger charge is 2.17. The van der Waals surface area contributed by atoms with E-state index in [0.717, 1.165) is 29.4 Å². The molecular formula is C19H21N3O2S. The van der Waals surface area contributed by atoms with E-state index >= 15 is 0 Å². The Bertz CT molecular complexity index is 786. The number of rotatable bonds is 5. The highest BCUT2D eigenvalue weighted by Crippen LogP contribution is 2.32. The average Bonchev–Trinajstić information content (AvgIpc) is 2.63. The van der Waals surface area contributed by atoms with E-state index in [2.05, 4.69) is 29.4 Å². The predicted molar refractivity (Wildman–Crippen MR) is 104 cm³/mol. The molecule has 1 aliphatic heterocycles. The number of fused-ring (bicyclic) bond motifs is 1. The Morgan fingerprint density at radius 1 is 1.16 bits per heavy atom. The molecule has 0 fully saturated rings. The topological polar surface area (TPSA) is 61.4 Å². The molecular weight excluding hydrogens is 334 g/mol. The number of anilines is 3. The summed E-state index contributed by atoms with van der Waals surface area (Å²) in [6.45, 7) is 6.13. The number of amides is 2. The fraction of sp³-hybridized carbons (Fsp3) is 0.263. The molecule has 130 valence electrons. The van der Waals surface area contributed by atoms with Crippen molar-refractivity contribution in [3.8, 4) is 0 Å². The van der Waals surface area contributed by atoms with Crippen LogP contribution in [0.3, 0.4) is 0 Å². The van der Waals surface area contributed by atoms with Crippen LogP contribution in [0.5, 0.6) is 0 Å². The van der Waals surface area contributed by atoms with Crippen molar-refractivity contribution >= 4 is 40.6 Å². The van der Waals surface area contributed by atoms with Gasteiger partial charge in [0, 0.05) is 34.9 Å². The second-order valence-corrected chi connectivity index (χ2v) is 6.74. The highest BCUT2D eigenvalue weighted by molar-refractivity contribution is 8.00. The minimum absolute atomic E-state index is 0.0398. The van der Waals surface area contributed by atoms with Crippen molar-refractivity contribution < 1.29 is 9.59 Å². The SMILES string of the molecule is CCN(CC)c1ccc(NC(=O)c2ccc3c(c2)NC(=O)CS3)cc1. The lowest BCUT2D eigenvalue weighted by atomic mass is 10.1. The van der Waals surface area contributed by atoms with Gasteiger partial charge in [-0.05, 0) is 56.3 Å². The van der Waals surface area contributed by atoms with Crippen molar-refractivity contribution in [2.45, 2.75) is 18.7 Å². The second-order valence-electron chi connectivity index (χ2n) is 5.72. The lowest BCUT2D eigenvalue weighted by Gasteiger charge is -2.21. The predicted octanol–water partition coefficient (Wildman–Crippen LogP) is 3.83. The molecule has 0 unspecified atom stereocenters. The standard InChI is InChI=1S/C19H21N3O2S/c1-3-22(4-2)15-8-6-14(7-9-15)20-19(24)13-5-10-17-16(11-13)21-18(23)12-25-17/h5-11H,3-4,12H2,1-2H3,(H,20,24)(H,21,23). The molecule has 3 rings (SSSR count). The molecule has 2 aromatic rings. The van der Waals surface area contributed by atoms with Gasteiger partial charge in [0.05, 0.1) is 11.4 Å². The van der Waals surface area contributed by atoms with Crippen LogP contribution in [-0.2, 0) is 4.79 Å². The van der Waals surface area contributed by atoms with Gasteiger partial charge >= 0.3 is 0 Å². The van der Waals surface area contributed by atoms with Crippen LogP contribution < -0.4 is 15.5 Å². The van der Waals surface area contributed by atoms with E-state index in [4.69, 9.17) is 0 Å². The number of hydrogen-bond donors (Lipinski definition) is 2. The minimum atomic E-state index is -0.191. The normalized spacial score (nSPS) is 13.0. The Morgan fingerprint density at radius 3 is 2.56 bits per heavy atom. The fourth-order valence-electron chi connectivity index (χ4n) is 2.77. The molecule has 25 heavy (non-hydrogen) atoms. The molecule has 0 bridgehead atoms. The van der Waals surface area contributed by atoms with Gasteiger partial charge < -0.3 is 15.5 Å². The monoisotopic (exact) mass is 355 g/mol. The van der Waals surface area contributed by atoms with Crippen LogP contribution in [0.25, 0.3) is 0 Å². The van der Waals surface area contributed by atoms with Gasteiger partial charge in [0.25, 0.3) is 5.91 Å². The van der Waals surface area contributed by atoms with Gasteiger partial charge in [-0.1, -0.05) is 0 Å². The maximum Gasteiger partial charge on any atom is 0.255 e. The summed E-state index contributed by atoms with van der Waals surface area (Å²) in [7, 11) is 0. The first-order valence-electron chi connectivity index (χ1n) is 8.33. The molecule has 1 aliphatic rings. The molecule has 2 aromatic carbocycles. The number of benzene rings is 2. The van der Waals surface area contributed by atoms with Crippen LogP contribution in [0.4, 0.5) is 17.1 Å². The number of carbonyl (C=O) groups excluding carboxylic acids is 2. The number of thioether (sulfide) groups is 1. The molecule has 0 radical (unpaired) electrons. The van der Waals surface area contributed by atoms with Gasteiger partial charge in [0.2, 0.25) is 5.91 Å². The molecule has 5 nitrogen and oxygen atoms in total. The Kier molecular flexibility index (Phi) is 5.28. The summed E-state index contributed by atoms with van der Waals surface area (Å²) >= 11 is 1.48. The lowest BCUT2D eigenvalue weighted by molar-refractivity contribution is -0.113. The molecule has 0 saturated heterocycles. The van der Waals surface area contributed by atoms with Crippen molar-refractivity contribution in [2.75, 3.05) is 34.4 Å². The smallest absolute Gasteiger partial charge is 0.255 e. The molecule has 2 amide bonds. The van der Waals surface area contributed by atoms with Gasteiger partial charge in [-0.15, -0.1) is 11.8 Å². The van der Waals surface area contributed by atoms with Crippen molar-refractivity contribution in [3.63, 3.8) is 0 Å². The van der Waals surface area contributed by atoms with Gasteiger partial charge in [-0.3, -0.25) is 9.59 Å². The van der Waals surface area contributed by atoms with Gasteiger partial charge in [0.15, 0.2) is 0 Å². The Morgan fingerprint density at radius 2 is 1.88 bits per heavy atom. The zero-order valence-electron chi connectivity index (χ0n) is 14.3. The summed E-state index contributed by atoms with van der Waals surface area (Å²) in [5, 5.41) is 5.71. The Labute approximate surface area is 151 Å². The van der Waals surface area contributed by atoms with Gasteiger partial charge in [-0.25, -0.2) is 0 Å². The first-order valence-corrected chi connectivity index (χ1v) is 9.32. The molecule has 0 aliphatic carbocycles. The van der Waals surface area contributed by atoms with Crippen LogP contribution in [0.2, 0.25) is 0 Å². The van der Waals surface area contributed by atoms with Crippen molar-refractivity contribution in [1.82, 2.24) is 0 Å². The van der Waals surface area contributed by atoms with E-state index in [9.17, 15) is 9.59 Å². The zero-order chi connectivity index (χ0) is 17.8. The third kappa shape index (κ3) is 3.96. The summed E-state index contributed by atoms with van der Waals surface area (Å²) in [6, 6.07) is 13.2. The highest BCUT2D eigenvalue weighted by atomic mass is 32.2. The lowest BCUT2D eigenvalue weighted by Crippen LogP contribution is -2.21. The van der Waals surface area contributed by atoms with Crippen molar-refractivity contribution in [2.24, 2.45) is 0 Å². The fourth-order valence-corrected chi connectivity index (χ4v) is 3.56. The number of carbonyl (C=O) groups is 2. The van der Waals surface area contributed by atoms with Gasteiger partial charge in [0.1, 0.15) is 0 Å². The quantitative estimate of drug-likeness (QED) is 0.856. The van der Waals surface area contributed by atoms with Gasteiger partial charge in [-0.2, -0.15) is 0 Å². The molecule has 6 heteroatoms. The minimum Gasteiger partial charge on any atom is -0.372 e. The summed E-state index contributed by atoms with van der Waals surface area (Å²) in [5.41, 5.74) is 3.11. The zero-order valence-corrected chi connectivity index (χ0v) is 15.2. The van der Waals surface area contributed by atoms with E-state index in [0.29, 0.717) is 17.0 Å². The first kappa shape index (κ1) is 17.4. The largest absolute Gasteiger partial charge is 0.372 e. The third-order valence-electron chi connectivity index (χ3n) is 4.13. The maximum atomic E-state index is 12.5. The van der Waals surface area contributed by atoms with Crippen LogP contribution >= 0.6 is 11.8 Å². The number of nitrogens with one attached hydrogen (secondary N) is 2. The molecule has 0 atom stereocenters. The van der Waals surface area contributed by atoms with Crippen LogP contribution in [-0.4, -0.2) is 30.7 Å².